The molecule has 2 aliphatic heterocycles. The van der Waals surface area contributed by atoms with Gasteiger partial charge in [-0.05, 0) is 18.6 Å². The number of nitrogens with zero attached hydrogens (tertiary/aromatic N) is 5. The maximum Gasteiger partial charge on any atom is 0.416 e. The molecule has 2 bridgehead atoms. The molecule has 2 aromatic heterocycles. The number of hydrogen-bond donors (Lipinski definition) is 2. The predicted molar refractivity (Wildman–Crippen MR) is 87.4 cm³/mol. The molecule has 2 atom stereocenters. The summed E-state index contributed by atoms with van der Waals surface area (Å²) in [6.07, 6.45) is 0.160. The Kier molecular flexibility index (Phi) is 4.10. The summed E-state index contributed by atoms with van der Waals surface area (Å²) < 4.78 is 38.8. The topological polar surface area (TPSA) is 94.5 Å². The summed E-state index contributed by atoms with van der Waals surface area (Å²) in [6, 6.07) is 2.09. The molecule has 0 radical (unpaired) electrons. The molecule has 2 aliphatic rings. The van der Waals surface area contributed by atoms with Crippen LogP contribution in [0.3, 0.4) is 0 Å². The number of nitrogens with one attached hydrogen (secondary N) is 1. The van der Waals surface area contributed by atoms with Crippen LogP contribution in [0.4, 0.5) is 24.9 Å². The molecule has 2 N–H and O–H groups in total. The van der Waals surface area contributed by atoms with Crippen molar-refractivity contribution in [1.29, 1.82) is 0 Å². The van der Waals surface area contributed by atoms with Crippen molar-refractivity contribution in [2.75, 3.05) is 22.9 Å². The highest BCUT2D eigenvalue weighted by atomic mass is 19.4. The van der Waals surface area contributed by atoms with Gasteiger partial charge in [0.2, 0.25) is 5.95 Å². The molecular weight excluding hydrogens is 365 g/mol. The Morgan fingerprint density at radius 3 is 2.41 bits per heavy atom. The van der Waals surface area contributed by atoms with E-state index >= 15 is 0 Å². The number of alkyl halides is 3. The molecule has 8 nitrogen and oxygen atoms in total. The van der Waals surface area contributed by atoms with E-state index in [2.05, 4.69) is 15.0 Å². The average Bonchev–Trinajstić information content (AvgIpc) is 3.28. The van der Waals surface area contributed by atoms with Gasteiger partial charge in [0, 0.05) is 31.7 Å². The van der Waals surface area contributed by atoms with Crippen LogP contribution in [0.15, 0.2) is 30.7 Å². The van der Waals surface area contributed by atoms with E-state index in [0.717, 1.165) is 18.6 Å². The lowest BCUT2D eigenvalue weighted by molar-refractivity contribution is -0.137. The Labute approximate surface area is 151 Å². The number of halogens is 3. The van der Waals surface area contributed by atoms with E-state index < -0.39 is 17.6 Å². The van der Waals surface area contributed by atoms with Gasteiger partial charge < -0.3 is 9.80 Å². The summed E-state index contributed by atoms with van der Waals surface area (Å²) in [5.74, 6) is 0.0489. The maximum absolute atomic E-state index is 12.9. The van der Waals surface area contributed by atoms with Gasteiger partial charge >= 0.3 is 6.18 Å². The minimum Gasteiger partial charge on any atom is -0.350 e. The van der Waals surface area contributed by atoms with Crippen molar-refractivity contribution in [3.63, 3.8) is 0 Å². The second kappa shape index (κ2) is 6.34. The van der Waals surface area contributed by atoms with Crippen molar-refractivity contribution < 1.29 is 23.2 Å². The summed E-state index contributed by atoms with van der Waals surface area (Å²) in [5.41, 5.74) is 0.921. The number of aromatic nitrogens is 3. The second-order valence-electron chi connectivity index (χ2n) is 6.46. The van der Waals surface area contributed by atoms with Crippen molar-refractivity contribution >= 4 is 17.7 Å². The third-order valence-corrected chi connectivity index (χ3v) is 4.87. The lowest BCUT2D eigenvalue weighted by atomic mass is 10.2. The fourth-order valence-electron chi connectivity index (χ4n) is 3.60. The molecule has 142 valence electrons. The molecule has 0 aromatic carbocycles. The molecule has 0 aliphatic carbocycles. The predicted octanol–water partition coefficient (Wildman–Crippen LogP) is 1.48. The molecule has 0 spiro atoms. The van der Waals surface area contributed by atoms with Gasteiger partial charge in [0.15, 0.2) is 0 Å². The first-order valence-electron chi connectivity index (χ1n) is 8.20. The summed E-state index contributed by atoms with van der Waals surface area (Å²) in [7, 11) is 0. The van der Waals surface area contributed by atoms with Crippen molar-refractivity contribution in [2.24, 2.45) is 0 Å². The number of carbonyl (C=O) groups excluding carboxylic acids is 1. The van der Waals surface area contributed by atoms with E-state index in [1.54, 1.807) is 0 Å². The second-order valence-corrected chi connectivity index (χ2v) is 6.46. The Hall–Kier alpha value is -2.95. The number of carbonyl (C=O) groups is 1. The zero-order valence-electron chi connectivity index (χ0n) is 13.9. The summed E-state index contributed by atoms with van der Waals surface area (Å²) in [4.78, 5) is 27.6. The molecule has 4 heterocycles. The Morgan fingerprint density at radius 1 is 1.15 bits per heavy atom. The first kappa shape index (κ1) is 17.5. The van der Waals surface area contributed by atoms with E-state index in [1.807, 2.05) is 9.80 Å². The molecule has 4 rings (SSSR count). The SMILES string of the molecule is O=C(NO)c1cnc(N2CC3CC2CN3c2cc(C(F)(F)F)ccn2)nc1. The van der Waals surface area contributed by atoms with Gasteiger partial charge in [-0.15, -0.1) is 0 Å². The summed E-state index contributed by atoms with van der Waals surface area (Å²) >= 11 is 0. The first-order chi connectivity index (χ1) is 12.9. The smallest absolute Gasteiger partial charge is 0.350 e. The fourth-order valence-corrected chi connectivity index (χ4v) is 3.60. The van der Waals surface area contributed by atoms with Gasteiger partial charge in [0.25, 0.3) is 5.91 Å². The molecule has 1 amide bonds. The van der Waals surface area contributed by atoms with E-state index in [4.69, 9.17) is 5.21 Å². The Balaban J connectivity index is 1.49. The number of anilines is 2. The monoisotopic (exact) mass is 380 g/mol. The van der Waals surface area contributed by atoms with E-state index in [1.165, 1.54) is 24.1 Å². The van der Waals surface area contributed by atoms with Gasteiger partial charge in [-0.3, -0.25) is 10.0 Å². The van der Waals surface area contributed by atoms with Gasteiger partial charge in [0.1, 0.15) is 5.82 Å². The fraction of sp³-hybridized carbons (Fsp3) is 0.375. The molecule has 27 heavy (non-hydrogen) atoms. The first-order valence-corrected chi connectivity index (χ1v) is 8.20. The van der Waals surface area contributed by atoms with E-state index in [-0.39, 0.29) is 17.6 Å². The minimum atomic E-state index is -4.40. The van der Waals surface area contributed by atoms with Crippen LogP contribution in [-0.4, -0.2) is 51.2 Å². The zero-order valence-corrected chi connectivity index (χ0v) is 13.9. The van der Waals surface area contributed by atoms with E-state index in [9.17, 15) is 18.0 Å². The normalized spacial score (nSPS) is 21.6. The van der Waals surface area contributed by atoms with Gasteiger partial charge in [-0.25, -0.2) is 20.4 Å². The highest BCUT2D eigenvalue weighted by Crippen LogP contribution is 2.37. The lowest BCUT2D eigenvalue weighted by Crippen LogP contribution is -2.47. The summed E-state index contributed by atoms with van der Waals surface area (Å²) in [6.45, 7) is 1.06. The van der Waals surface area contributed by atoms with Crippen LogP contribution in [0.25, 0.3) is 0 Å². The quantitative estimate of drug-likeness (QED) is 0.615. The van der Waals surface area contributed by atoms with Gasteiger partial charge in [0.05, 0.1) is 23.2 Å². The van der Waals surface area contributed by atoms with Crippen molar-refractivity contribution in [2.45, 2.75) is 24.7 Å². The maximum atomic E-state index is 12.9. The summed E-state index contributed by atoms with van der Waals surface area (Å²) in [5, 5.41) is 8.61. The lowest BCUT2D eigenvalue weighted by Gasteiger charge is -2.35. The highest BCUT2D eigenvalue weighted by molar-refractivity contribution is 5.92. The molecule has 2 fully saturated rings. The Bertz CT molecular complexity index is 860. The number of hydroxylamine groups is 1. The van der Waals surface area contributed by atoms with Gasteiger partial charge in [-0.1, -0.05) is 0 Å². The minimum absolute atomic E-state index is 0.00926. The van der Waals surface area contributed by atoms with Crippen molar-refractivity contribution in [1.82, 2.24) is 20.4 Å². The standard InChI is InChI=1S/C16H15F3N6O2/c17-16(18,19)10-1-2-20-13(3-10)24-7-12-4-11(24)8-25(12)15-21-5-9(6-22-15)14(26)23-27/h1-3,5-6,11-12,27H,4,7-8H2,(H,23,26). The van der Waals surface area contributed by atoms with Crippen molar-refractivity contribution in [3.8, 4) is 0 Å². The highest BCUT2D eigenvalue weighted by Gasteiger charge is 2.45. The number of rotatable bonds is 3. The number of piperazine rings is 1. The number of fused-ring (bicyclic) bond motifs is 2. The molecular formula is C16H15F3N6O2. The zero-order chi connectivity index (χ0) is 19.2. The van der Waals surface area contributed by atoms with Crippen LogP contribution < -0.4 is 15.3 Å². The van der Waals surface area contributed by atoms with Crippen LogP contribution >= 0.6 is 0 Å². The van der Waals surface area contributed by atoms with Crippen LogP contribution in [0, 0.1) is 0 Å². The number of hydrogen-bond acceptors (Lipinski definition) is 7. The molecule has 2 saturated heterocycles. The Morgan fingerprint density at radius 2 is 1.81 bits per heavy atom. The third kappa shape index (κ3) is 3.14. The molecule has 11 heteroatoms. The van der Waals surface area contributed by atoms with Gasteiger partial charge in [-0.2, -0.15) is 13.2 Å². The van der Waals surface area contributed by atoms with Crippen LogP contribution in [0.2, 0.25) is 0 Å². The molecule has 2 aromatic rings. The average molecular weight is 380 g/mol. The molecule has 2 unspecified atom stereocenters. The van der Waals surface area contributed by atoms with Crippen LogP contribution in [0.5, 0.6) is 0 Å². The van der Waals surface area contributed by atoms with Crippen LogP contribution in [-0.2, 0) is 6.18 Å². The number of amides is 1. The third-order valence-electron chi connectivity index (χ3n) is 4.87. The number of pyridine rings is 1. The largest absolute Gasteiger partial charge is 0.416 e. The van der Waals surface area contributed by atoms with E-state index in [0.29, 0.717) is 24.9 Å². The molecule has 0 saturated carbocycles. The van der Waals surface area contributed by atoms with Crippen molar-refractivity contribution in [3.05, 3.63) is 41.9 Å². The van der Waals surface area contributed by atoms with Crippen LogP contribution in [0.1, 0.15) is 22.3 Å².